The van der Waals surface area contributed by atoms with Gasteiger partial charge < -0.3 is 15.5 Å². The van der Waals surface area contributed by atoms with Crippen molar-refractivity contribution in [1.29, 1.82) is 0 Å². The van der Waals surface area contributed by atoms with Crippen LogP contribution in [-0.4, -0.2) is 43.4 Å². The Labute approximate surface area is 106 Å². The first-order valence-electron chi connectivity index (χ1n) is 5.97. The summed E-state index contributed by atoms with van der Waals surface area (Å²) in [5.41, 5.74) is 8.02. The molecule has 0 aromatic heterocycles. The summed E-state index contributed by atoms with van der Waals surface area (Å²) in [6, 6.07) is 5.42. The number of nitrogens with zero attached hydrogens (tertiary/aromatic N) is 2. The topological polar surface area (TPSA) is 66.6 Å². The Morgan fingerprint density at radius 1 is 1.28 bits per heavy atom. The van der Waals surface area contributed by atoms with Crippen molar-refractivity contribution in [2.45, 2.75) is 6.92 Å². The van der Waals surface area contributed by atoms with Crippen molar-refractivity contribution in [2.24, 2.45) is 5.73 Å². The van der Waals surface area contributed by atoms with E-state index in [0.29, 0.717) is 13.1 Å². The molecule has 5 heteroatoms. The Morgan fingerprint density at radius 2 is 1.94 bits per heavy atom. The predicted molar refractivity (Wildman–Crippen MR) is 69.9 cm³/mol. The average molecular weight is 247 g/mol. The fourth-order valence-corrected chi connectivity index (χ4v) is 2.17. The zero-order valence-electron chi connectivity index (χ0n) is 10.4. The Bertz CT molecular complexity index is 465. The SMILES string of the molecule is Cc1cc(N2CCN(C(N)=O)CC2)ccc1C=O. The lowest BCUT2D eigenvalue weighted by molar-refractivity contribution is 0.112. The monoisotopic (exact) mass is 247 g/mol. The van der Waals surface area contributed by atoms with Crippen LogP contribution in [0, 0.1) is 6.92 Å². The van der Waals surface area contributed by atoms with Crippen molar-refractivity contribution in [1.82, 2.24) is 4.90 Å². The van der Waals surface area contributed by atoms with Crippen LogP contribution in [0.4, 0.5) is 10.5 Å². The molecule has 0 radical (unpaired) electrons. The van der Waals surface area contributed by atoms with Crippen LogP contribution in [0.2, 0.25) is 0 Å². The summed E-state index contributed by atoms with van der Waals surface area (Å²) in [7, 11) is 0. The summed E-state index contributed by atoms with van der Waals surface area (Å²) in [6.45, 7) is 4.74. The number of hydrogen-bond donors (Lipinski definition) is 1. The van der Waals surface area contributed by atoms with Crippen molar-refractivity contribution in [3.63, 3.8) is 0 Å². The van der Waals surface area contributed by atoms with E-state index in [2.05, 4.69) is 4.90 Å². The number of aryl methyl sites for hydroxylation is 1. The van der Waals surface area contributed by atoms with Gasteiger partial charge in [-0.3, -0.25) is 4.79 Å². The van der Waals surface area contributed by atoms with Crippen LogP contribution in [0.1, 0.15) is 15.9 Å². The first-order chi connectivity index (χ1) is 8.61. The van der Waals surface area contributed by atoms with Gasteiger partial charge in [0.1, 0.15) is 6.29 Å². The molecule has 1 heterocycles. The molecule has 1 aromatic carbocycles. The lowest BCUT2D eigenvalue weighted by atomic mass is 10.1. The summed E-state index contributed by atoms with van der Waals surface area (Å²) in [4.78, 5) is 25.6. The largest absolute Gasteiger partial charge is 0.368 e. The highest BCUT2D eigenvalue weighted by Crippen LogP contribution is 2.19. The van der Waals surface area contributed by atoms with Gasteiger partial charge in [0.15, 0.2) is 0 Å². The fraction of sp³-hybridized carbons (Fsp3) is 0.385. The summed E-state index contributed by atoms with van der Waals surface area (Å²) in [5, 5.41) is 0. The van der Waals surface area contributed by atoms with Gasteiger partial charge in [-0.1, -0.05) is 0 Å². The number of rotatable bonds is 2. The quantitative estimate of drug-likeness (QED) is 0.793. The zero-order chi connectivity index (χ0) is 13.1. The molecular weight excluding hydrogens is 230 g/mol. The van der Waals surface area contributed by atoms with Crippen molar-refractivity contribution in [3.05, 3.63) is 29.3 Å². The number of urea groups is 1. The third-order valence-corrected chi connectivity index (χ3v) is 3.34. The molecule has 0 saturated carbocycles. The number of amides is 2. The van der Waals surface area contributed by atoms with Crippen LogP contribution in [0.5, 0.6) is 0 Å². The number of nitrogens with two attached hydrogens (primary N) is 1. The summed E-state index contributed by atoms with van der Waals surface area (Å²) >= 11 is 0. The van der Waals surface area contributed by atoms with E-state index in [1.807, 2.05) is 25.1 Å². The Morgan fingerprint density at radius 3 is 2.44 bits per heavy atom. The van der Waals surface area contributed by atoms with Gasteiger partial charge in [0.05, 0.1) is 0 Å². The van der Waals surface area contributed by atoms with Gasteiger partial charge in [0.25, 0.3) is 0 Å². The van der Waals surface area contributed by atoms with Gasteiger partial charge in [0, 0.05) is 37.4 Å². The number of anilines is 1. The van der Waals surface area contributed by atoms with E-state index in [9.17, 15) is 9.59 Å². The first-order valence-corrected chi connectivity index (χ1v) is 5.97. The van der Waals surface area contributed by atoms with Gasteiger partial charge in [0.2, 0.25) is 0 Å². The molecule has 0 unspecified atom stereocenters. The maximum atomic E-state index is 11.0. The fourth-order valence-electron chi connectivity index (χ4n) is 2.17. The molecule has 0 atom stereocenters. The number of primary amides is 1. The lowest BCUT2D eigenvalue weighted by Gasteiger charge is -2.35. The molecule has 1 aromatic rings. The molecule has 18 heavy (non-hydrogen) atoms. The number of carbonyl (C=O) groups is 2. The summed E-state index contributed by atoms with van der Waals surface area (Å²) < 4.78 is 0. The molecule has 2 rings (SSSR count). The smallest absolute Gasteiger partial charge is 0.314 e. The summed E-state index contributed by atoms with van der Waals surface area (Å²) in [5.74, 6) is 0. The molecule has 0 spiro atoms. The van der Waals surface area contributed by atoms with E-state index < -0.39 is 0 Å². The molecule has 1 aliphatic heterocycles. The predicted octanol–water partition coefficient (Wildman–Crippen LogP) is 1.01. The first kappa shape index (κ1) is 12.4. The molecule has 0 bridgehead atoms. The number of hydrogen-bond acceptors (Lipinski definition) is 3. The number of carbonyl (C=O) groups excluding carboxylic acids is 2. The Hall–Kier alpha value is -2.04. The van der Waals surface area contributed by atoms with Gasteiger partial charge in [-0.25, -0.2) is 4.79 Å². The van der Waals surface area contributed by atoms with Crippen LogP contribution in [0.3, 0.4) is 0 Å². The molecule has 1 saturated heterocycles. The molecule has 2 N–H and O–H groups in total. The second-order valence-corrected chi connectivity index (χ2v) is 4.47. The van der Waals surface area contributed by atoms with E-state index in [1.54, 1.807) is 4.90 Å². The average Bonchev–Trinajstić information content (AvgIpc) is 2.38. The highest BCUT2D eigenvalue weighted by atomic mass is 16.2. The van der Waals surface area contributed by atoms with Crippen LogP contribution in [0.15, 0.2) is 18.2 Å². The molecule has 96 valence electrons. The van der Waals surface area contributed by atoms with E-state index in [4.69, 9.17) is 5.73 Å². The van der Waals surface area contributed by atoms with Crippen molar-refractivity contribution in [2.75, 3.05) is 31.1 Å². The van der Waals surface area contributed by atoms with Gasteiger partial charge >= 0.3 is 6.03 Å². The minimum atomic E-state index is -0.359. The maximum Gasteiger partial charge on any atom is 0.314 e. The molecule has 0 aliphatic carbocycles. The molecule has 1 aliphatic rings. The van der Waals surface area contributed by atoms with E-state index in [1.165, 1.54) is 0 Å². The van der Waals surface area contributed by atoms with E-state index in [0.717, 1.165) is 36.2 Å². The number of aldehydes is 1. The second kappa shape index (κ2) is 5.08. The standard InChI is InChI=1S/C13H17N3O2/c1-10-8-12(3-2-11(10)9-17)15-4-6-16(7-5-15)13(14)18/h2-3,8-9H,4-7H2,1H3,(H2,14,18). The third-order valence-electron chi connectivity index (χ3n) is 3.34. The van der Waals surface area contributed by atoms with Crippen molar-refractivity contribution >= 4 is 18.0 Å². The summed E-state index contributed by atoms with van der Waals surface area (Å²) in [6.07, 6.45) is 0.865. The van der Waals surface area contributed by atoms with Gasteiger partial charge in [-0.15, -0.1) is 0 Å². The van der Waals surface area contributed by atoms with E-state index in [-0.39, 0.29) is 6.03 Å². The van der Waals surface area contributed by atoms with Crippen LogP contribution < -0.4 is 10.6 Å². The van der Waals surface area contributed by atoms with Crippen molar-refractivity contribution in [3.8, 4) is 0 Å². The van der Waals surface area contributed by atoms with Gasteiger partial charge in [-0.2, -0.15) is 0 Å². The van der Waals surface area contributed by atoms with Crippen molar-refractivity contribution < 1.29 is 9.59 Å². The molecular formula is C13H17N3O2. The molecule has 2 amide bonds. The van der Waals surface area contributed by atoms with E-state index >= 15 is 0 Å². The highest BCUT2D eigenvalue weighted by molar-refractivity contribution is 5.78. The maximum absolute atomic E-state index is 11.0. The number of piperazine rings is 1. The molecule has 5 nitrogen and oxygen atoms in total. The van der Waals surface area contributed by atoms with Crippen LogP contribution in [0.25, 0.3) is 0 Å². The normalized spacial score (nSPS) is 15.6. The van der Waals surface area contributed by atoms with Gasteiger partial charge in [-0.05, 0) is 30.7 Å². The van der Waals surface area contributed by atoms with Crippen LogP contribution in [-0.2, 0) is 0 Å². The lowest BCUT2D eigenvalue weighted by Crippen LogP contribution is -2.50. The molecule has 1 fully saturated rings. The number of benzene rings is 1. The third kappa shape index (κ3) is 2.45. The minimum Gasteiger partial charge on any atom is -0.368 e. The second-order valence-electron chi connectivity index (χ2n) is 4.47. The Kier molecular flexibility index (Phi) is 3.50. The zero-order valence-corrected chi connectivity index (χ0v) is 10.4. The highest BCUT2D eigenvalue weighted by Gasteiger charge is 2.19. The Balaban J connectivity index is 2.08. The van der Waals surface area contributed by atoms with Crippen LogP contribution >= 0.6 is 0 Å². The minimum absolute atomic E-state index is 0.359.